The summed E-state index contributed by atoms with van der Waals surface area (Å²) in [6.07, 6.45) is 6.51. The van der Waals surface area contributed by atoms with Crippen molar-refractivity contribution in [1.29, 1.82) is 0 Å². The van der Waals surface area contributed by atoms with Crippen LogP contribution in [0.15, 0.2) is 29.2 Å². The van der Waals surface area contributed by atoms with Crippen molar-refractivity contribution in [1.82, 2.24) is 14.9 Å². The molecule has 0 atom stereocenters. The Morgan fingerprint density at radius 1 is 1.07 bits per heavy atom. The van der Waals surface area contributed by atoms with Crippen molar-refractivity contribution in [2.75, 3.05) is 36.1 Å². The number of thioether (sulfide) groups is 1. The Bertz CT molecular complexity index is 849. The molecule has 1 aromatic heterocycles. The molecular weight excluding hydrogens is 370 g/mol. The van der Waals surface area contributed by atoms with E-state index < -0.39 is 0 Å². The van der Waals surface area contributed by atoms with E-state index in [4.69, 9.17) is 4.98 Å². The second kappa shape index (κ2) is 8.39. The van der Waals surface area contributed by atoms with Crippen molar-refractivity contribution in [3.63, 3.8) is 0 Å². The van der Waals surface area contributed by atoms with E-state index in [1.54, 1.807) is 11.8 Å². The van der Waals surface area contributed by atoms with Gasteiger partial charge in [-0.1, -0.05) is 0 Å². The molecule has 0 unspecified atom stereocenters. The predicted octanol–water partition coefficient (Wildman–Crippen LogP) is 4.09. The summed E-state index contributed by atoms with van der Waals surface area (Å²) < 4.78 is 0. The van der Waals surface area contributed by atoms with Crippen LogP contribution in [0.1, 0.15) is 36.3 Å². The van der Waals surface area contributed by atoms with E-state index in [-0.39, 0.29) is 6.03 Å². The second-order valence-corrected chi connectivity index (χ2v) is 8.28. The van der Waals surface area contributed by atoms with Crippen molar-refractivity contribution in [3.8, 4) is 0 Å². The number of urea groups is 1. The van der Waals surface area contributed by atoms with E-state index in [1.807, 2.05) is 42.3 Å². The molecule has 148 valence electrons. The lowest BCUT2D eigenvalue weighted by Gasteiger charge is -2.34. The lowest BCUT2D eigenvalue weighted by molar-refractivity contribution is 0.206. The Hall–Kier alpha value is -2.28. The van der Waals surface area contributed by atoms with Crippen LogP contribution in [-0.2, 0) is 13.0 Å². The third kappa shape index (κ3) is 4.09. The predicted molar refractivity (Wildman–Crippen MR) is 114 cm³/mol. The van der Waals surface area contributed by atoms with Crippen molar-refractivity contribution in [2.45, 2.75) is 44.0 Å². The monoisotopic (exact) mass is 397 g/mol. The molecule has 1 fully saturated rings. The fraction of sp³-hybridized carbons (Fsp3) is 0.476. The van der Waals surface area contributed by atoms with Crippen LogP contribution in [-0.4, -0.2) is 46.8 Å². The van der Waals surface area contributed by atoms with Crippen molar-refractivity contribution in [3.05, 3.63) is 41.3 Å². The van der Waals surface area contributed by atoms with Gasteiger partial charge < -0.3 is 15.1 Å². The van der Waals surface area contributed by atoms with Gasteiger partial charge in [0.25, 0.3) is 0 Å². The zero-order valence-corrected chi connectivity index (χ0v) is 17.4. The summed E-state index contributed by atoms with van der Waals surface area (Å²) in [5.74, 6) is 1.86. The standard InChI is InChI=1S/C21H27N5OS/c1-15-22-19-10-13-26(21(27)24-16-6-8-17(28-2)9-7-16)14-18(19)20(23-15)25-11-4-3-5-12-25/h6-9H,3-5,10-14H2,1-2H3,(H,24,27). The highest BCUT2D eigenvalue weighted by Gasteiger charge is 2.27. The average Bonchev–Trinajstić information content (AvgIpc) is 2.74. The number of aryl methyl sites for hydroxylation is 1. The van der Waals surface area contributed by atoms with Gasteiger partial charge in [-0.05, 0) is 56.7 Å². The first-order chi connectivity index (χ1) is 13.6. The Kier molecular flexibility index (Phi) is 5.71. The first-order valence-corrected chi connectivity index (χ1v) is 11.2. The maximum atomic E-state index is 12.8. The van der Waals surface area contributed by atoms with E-state index in [0.717, 1.165) is 48.1 Å². The third-order valence-electron chi connectivity index (χ3n) is 5.43. The van der Waals surface area contributed by atoms with Gasteiger partial charge >= 0.3 is 6.03 Å². The summed E-state index contributed by atoms with van der Waals surface area (Å²) in [6.45, 7) is 5.28. The van der Waals surface area contributed by atoms with E-state index in [0.29, 0.717) is 13.1 Å². The van der Waals surface area contributed by atoms with Gasteiger partial charge in [-0.2, -0.15) is 0 Å². The molecule has 1 aromatic carbocycles. The first kappa shape index (κ1) is 19.1. The number of carbonyl (C=O) groups excluding carboxylic acids is 1. The fourth-order valence-electron chi connectivity index (χ4n) is 3.93. The largest absolute Gasteiger partial charge is 0.356 e. The lowest BCUT2D eigenvalue weighted by atomic mass is 10.0. The van der Waals surface area contributed by atoms with Crippen LogP contribution < -0.4 is 10.2 Å². The van der Waals surface area contributed by atoms with Gasteiger partial charge in [0.1, 0.15) is 11.6 Å². The van der Waals surface area contributed by atoms with E-state index in [1.165, 1.54) is 24.2 Å². The summed E-state index contributed by atoms with van der Waals surface area (Å²) in [5.41, 5.74) is 3.04. The van der Waals surface area contributed by atoms with Gasteiger partial charge in [-0.3, -0.25) is 0 Å². The number of carbonyl (C=O) groups is 1. The van der Waals surface area contributed by atoms with Crippen molar-refractivity contribution >= 4 is 29.3 Å². The Balaban J connectivity index is 1.52. The molecule has 0 radical (unpaired) electrons. The van der Waals surface area contributed by atoms with Crippen LogP contribution in [0.3, 0.4) is 0 Å². The molecule has 0 aliphatic carbocycles. The van der Waals surface area contributed by atoms with Gasteiger partial charge in [-0.15, -0.1) is 11.8 Å². The molecule has 0 spiro atoms. The molecule has 3 heterocycles. The Morgan fingerprint density at radius 2 is 1.82 bits per heavy atom. The topological polar surface area (TPSA) is 61.4 Å². The molecule has 1 saturated heterocycles. The fourth-order valence-corrected chi connectivity index (χ4v) is 4.34. The Morgan fingerprint density at radius 3 is 2.54 bits per heavy atom. The molecule has 2 aromatic rings. The van der Waals surface area contributed by atoms with Crippen LogP contribution in [0.2, 0.25) is 0 Å². The molecule has 4 rings (SSSR count). The summed E-state index contributed by atoms with van der Waals surface area (Å²) in [7, 11) is 0. The number of anilines is 2. The minimum atomic E-state index is -0.0623. The second-order valence-electron chi connectivity index (χ2n) is 7.40. The Labute approximate surface area is 170 Å². The van der Waals surface area contributed by atoms with Gasteiger partial charge in [0.2, 0.25) is 0 Å². The molecule has 2 aliphatic heterocycles. The molecule has 28 heavy (non-hydrogen) atoms. The van der Waals surface area contributed by atoms with Crippen LogP contribution in [0.4, 0.5) is 16.3 Å². The van der Waals surface area contributed by atoms with Gasteiger partial charge in [-0.25, -0.2) is 14.8 Å². The number of nitrogens with one attached hydrogen (secondary N) is 1. The maximum Gasteiger partial charge on any atom is 0.322 e. The maximum absolute atomic E-state index is 12.8. The molecule has 2 amide bonds. The highest BCUT2D eigenvalue weighted by atomic mass is 32.2. The summed E-state index contributed by atoms with van der Waals surface area (Å²) >= 11 is 1.69. The molecule has 2 aliphatic rings. The number of hydrogen-bond acceptors (Lipinski definition) is 5. The highest BCUT2D eigenvalue weighted by molar-refractivity contribution is 7.98. The van der Waals surface area contributed by atoms with Crippen LogP contribution >= 0.6 is 11.8 Å². The number of aromatic nitrogens is 2. The van der Waals surface area contributed by atoms with E-state index in [9.17, 15) is 4.79 Å². The van der Waals surface area contributed by atoms with E-state index >= 15 is 0 Å². The van der Waals surface area contributed by atoms with Gasteiger partial charge in [0.05, 0.1) is 12.2 Å². The molecule has 6 nitrogen and oxygen atoms in total. The number of rotatable bonds is 3. The minimum Gasteiger partial charge on any atom is -0.356 e. The van der Waals surface area contributed by atoms with E-state index in [2.05, 4.69) is 15.2 Å². The quantitative estimate of drug-likeness (QED) is 0.791. The normalized spacial score (nSPS) is 16.6. The van der Waals surface area contributed by atoms with Crippen molar-refractivity contribution in [2.24, 2.45) is 0 Å². The SMILES string of the molecule is CSc1ccc(NC(=O)N2CCc3nc(C)nc(N4CCCCC4)c3C2)cc1. The number of fused-ring (bicyclic) bond motifs is 1. The minimum absolute atomic E-state index is 0.0623. The van der Waals surface area contributed by atoms with Crippen LogP contribution in [0.5, 0.6) is 0 Å². The summed E-state index contributed by atoms with van der Waals surface area (Å²) in [6, 6.07) is 7.89. The zero-order valence-electron chi connectivity index (χ0n) is 16.6. The number of amides is 2. The zero-order chi connectivity index (χ0) is 19.5. The molecule has 1 N–H and O–H groups in total. The summed E-state index contributed by atoms with van der Waals surface area (Å²) in [4.78, 5) is 27.7. The number of nitrogens with zero attached hydrogens (tertiary/aromatic N) is 4. The highest BCUT2D eigenvalue weighted by Crippen LogP contribution is 2.29. The lowest BCUT2D eigenvalue weighted by Crippen LogP contribution is -2.41. The summed E-state index contributed by atoms with van der Waals surface area (Å²) in [5, 5.41) is 3.03. The third-order valence-corrected chi connectivity index (χ3v) is 6.18. The van der Waals surface area contributed by atoms with Crippen molar-refractivity contribution < 1.29 is 4.79 Å². The number of hydrogen-bond donors (Lipinski definition) is 1. The molecular formula is C21H27N5OS. The van der Waals surface area contributed by atoms with Gasteiger partial charge in [0, 0.05) is 42.2 Å². The smallest absolute Gasteiger partial charge is 0.322 e. The molecule has 0 saturated carbocycles. The number of benzene rings is 1. The number of piperidine rings is 1. The first-order valence-electron chi connectivity index (χ1n) is 9.95. The average molecular weight is 398 g/mol. The van der Waals surface area contributed by atoms with Crippen LogP contribution in [0, 0.1) is 6.92 Å². The molecule has 7 heteroatoms. The van der Waals surface area contributed by atoms with Gasteiger partial charge in [0.15, 0.2) is 0 Å². The van der Waals surface area contributed by atoms with Crippen LogP contribution in [0.25, 0.3) is 0 Å². The molecule has 0 bridgehead atoms.